The normalized spacial score (nSPS) is 17.4. The molecule has 29 heavy (non-hydrogen) atoms. The molecule has 144 valence electrons. The maximum atomic E-state index is 4.64. The van der Waals surface area contributed by atoms with E-state index >= 15 is 0 Å². The molecule has 0 saturated carbocycles. The van der Waals surface area contributed by atoms with Crippen LogP contribution in [0.3, 0.4) is 0 Å². The lowest BCUT2D eigenvalue weighted by Gasteiger charge is -2.22. The average Bonchev–Trinajstić information content (AvgIpc) is 3.52. The molecule has 4 aromatic heterocycles. The summed E-state index contributed by atoms with van der Waals surface area (Å²) in [5.74, 6) is 0.565. The highest BCUT2D eigenvalue weighted by atomic mass is 15.2. The zero-order valence-corrected chi connectivity index (χ0v) is 16.1. The van der Waals surface area contributed by atoms with Crippen molar-refractivity contribution >= 4 is 27.5 Å². The summed E-state index contributed by atoms with van der Waals surface area (Å²) in [6.07, 6.45) is 13.7. The van der Waals surface area contributed by atoms with Crippen LogP contribution in [-0.2, 0) is 0 Å². The van der Waals surface area contributed by atoms with Crippen molar-refractivity contribution in [2.75, 3.05) is 13.1 Å². The number of hydrogen-bond acceptors (Lipinski definition) is 4. The SMILES string of the molecule is C1=CC(c2nccc3[nH]c(-c4[nH]nc5ncc(C6CCNCC6)cc45)cc23)=CC1. The Morgan fingerprint density at radius 1 is 1.03 bits per heavy atom. The Morgan fingerprint density at radius 2 is 1.97 bits per heavy atom. The van der Waals surface area contributed by atoms with Crippen LogP contribution < -0.4 is 5.32 Å². The molecule has 5 heterocycles. The molecule has 1 aliphatic carbocycles. The van der Waals surface area contributed by atoms with E-state index in [-0.39, 0.29) is 0 Å². The first kappa shape index (κ1) is 16.7. The average molecular weight is 382 g/mol. The molecule has 6 heteroatoms. The summed E-state index contributed by atoms with van der Waals surface area (Å²) < 4.78 is 0. The Balaban J connectivity index is 1.47. The molecule has 0 atom stereocenters. The zero-order chi connectivity index (χ0) is 19.2. The molecule has 1 aliphatic heterocycles. The van der Waals surface area contributed by atoms with Gasteiger partial charge in [0.1, 0.15) is 0 Å². The second kappa shape index (κ2) is 6.67. The van der Waals surface area contributed by atoms with E-state index in [4.69, 9.17) is 0 Å². The van der Waals surface area contributed by atoms with Crippen LogP contribution in [0, 0.1) is 0 Å². The van der Waals surface area contributed by atoms with E-state index in [1.807, 2.05) is 18.5 Å². The smallest absolute Gasteiger partial charge is 0.181 e. The van der Waals surface area contributed by atoms with Gasteiger partial charge in [0.2, 0.25) is 0 Å². The van der Waals surface area contributed by atoms with Crippen molar-refractivity contribution in [1.29, 1.82) is 0 Å². The third-order valence-electron chi connectivity index (χ3n) is 6.10. The molecule has 0 unspecified atom stereocenters. The van der Waals surface area contributed by atoms with Gasteiger partial charge >= 0.3 is 0 Å². The number of nitrogens with one attached hydrogen (secondary N) is 3. The Bertz CT molecular complexity index is 1270. The van der Waals surface area contributed by atoms with Crippen LogP contribution in [0.5, 0.6) is 0 Å². The van der Waals surface area contributed by atoms with E-state index in [1.54, 1.807) is 0 Å². The summed E-state index contributed by atoms with van der Waals surface area (Å²) in [5, 5.41) is 13.3. The van der Waals surface area contributed by atoms with E-state index in [0.29, 0.717) is 5.92 Å². The monoisotopic (exact) mass is 382 g/mol. The lowest BCUT2D eigenvalue weighted by molar-refractivity contribution is 0.460. The lowest BCUT2D eigenvalue weighted by Crippen LogP contribution is -2.26. The fourth-order valence-corrected chi connectivity index (χ4v) is 4.55. The fraction of sp³-hybridized carbons (Fsp3) is 0.261. The number of pyridine rings is 2. The highest BCUT2D eigenvalue weighted by Gasteiger charge is 2.19. The molecule has 0 amide bonds. The van der Waals surface area contributed by atoms with E-state index in [1.165, 1.54) is 11.1 Å². The number of H-pyrrole nitrogens is 2. The Hall–Kier alpha value is -3.25. The molecule has 2 aliphatic rings. The molecular formula is C23H22N6. The standard InChI is InChI=1S/C23H22N6/c1-2-4-15(3-1)21-17-12-20(27-19(17)7-10-25-21)22-18-11-16(13-26-23(18)29-28-22)14-5-8-24-9-6-14/h1,3-4,7,10-14,24,27H,2,5-6,8-9H2,(H,26,28,29). The molecule has 0 radical (unpaired) electrons. The summed E-state index contributed by atoms with van der Waals surface area (Å²) in [5.41, 5.74) is 7.36. The fourth-order valence-electron chi connectivity index (χ4n) is 4.55. The highest BCUT2D eigenvalue weighted by molar-refractivity contribution is 5.99. The number of hydrogen-bond donors (Lipinski definition) is 3. The van der Waals surface area contributed by atoms with Gasteiger partial charge in [0.25, 0.3) is 0 Å². The van der Waals surface area contributed by atoms with Crippen molar-refractivity contribution in [3.8, 4) is 11.4 Å². The minimum Gasteiger partial charge on any atom is -0.353 e. The number of aromatic amines is 2. The molecule has 0 bridgehead atoms. The second-order valence-electron chi connectivity index (χ2n) is 7.86. The molecule has 0 spiro atoms. The predicted octanol–water partition coefficient (Wildman–Crippen LogP) is 4.31. The Kier molecular flexibility index (Phi) is 3.84. The molecular weight excluding hydrogens is 360 g/mol. The van der Waals surface area contributed by atoms with Gasteiger partial charge in [-0.05, 0) is 67.6 Å². The number of piperidine rings is 1. The van der Waals surface area contributed by atoms with Crippen LogP contribution in [0.15, 0.2) is 48.8 Å². The van der Waals surface area contributed by atoms with Crippen molar-refractivity contribution in [1.82, 2.24) is 30.5 Å². The van der Waals surface area contributed by atoms with Crippen molar-refractivity contribution < 1.29 is 0 Å². The number of aromatic nitrogens is 5. The number of fused-ring (bicyclic) bond motifs is 2. The first-order chi connectivity index (χ1) is 14.4. The van der Waals surface area contributed by atoms with E-state index in [2.05, 4.69) is 60.8 Å². The van der Waals surface area contributed by atoms with Gasteiger partial charge < -0.3 is 10.3 Å². The molecule has 6 rings (SSSR count). The van der Waals surface area contributed by atoms with Gasteiger partial charge in [-0.15, -0.1) is 0 Å². The summed E-state index contributed by atoms with van der Waals surface area (Å²) in [4.78, 5) is 12.8. The molecule has 4 aromatic rings. The third-order valence-corrected chi connectivity index (χ3v) is 6.10. The molecule has 6 nitrogen and oxygen atoms in total. The maximum Gasteiger partial charge on any atom is 0.181 e. The summed E-state index contributed by atoms with van der Waals surface area (Å²) in [6, 6.07) is 6.47. The van der Waals surface area contributed by atoms with Crippen LogP contribution in [0.4, 0.5) is 0 Å². The lowest BCUT2D eigenvalue weighted by atomic mass is 9.91. The summed E-state index contributed by atoms with van der Waals surface area (Å²) >= 11 is 0. The van der Waals surface area contributed by atoms with Gasteiger partial charge in [-0.25, -0.2) is 4.98 Å². The van der Waals surface area contributed by atoms with E-state index in [0.717, 1.165) is 71.4 Å². The molecule has 3 N–H and O–H groups in total. The summed E-state index contributed by atoms with van der Waals surface area (Å²) in [7, 11) is 0. The largest absolute Gasteiger partial charge is 0.353 e. The number of nitrogens with zero attached hydrogens (tertiary/aromatic N) is 3. The minimum absolute atomic E-state index is 0.565. The van der Waals surface area contributed by atoms with Crippen molar-refractivity contribution in [2.24, 2.45) is 0 Å². The van der Waals surface area contributed by atoms with Crippen LogP contribution in [0.25, 0.3) is 38.9 Å². The van der Waals surface area contributed by atoms with Crippen LogP contribution >= 0.6 is 0 Å². The highest BCUT2D eigenvalue weighted by Crippen LogP contribution is 2.34. The zero-order valence-electron chi connectivity index (χ0n) is 16.1. The van der Waals surface area contributed by atoms with Gasteiger partial charge in [-0.2, -0.15) is 5.10 Å². The summed E-state index contributed by atoms with van der Waals surface area (Å²) in [6.45, 7) is 2.14. The Labute approximate surface area is 168 Å². The van der Waals surface area contributed by atoms with Crippen LogP contribution in [-0.4, -0.2) is 38.2 Å². The first-order valence-corrected chi connectivity index (χ1v) is 10.3. The Morgan fingerprint density at radius 3 is 2.83 bits per heavy atom. The van der Waals surface area contributed by atoms with E-state index in [9.17, 15) is 0 Å². The van der Waals surface area contributed by atoms with E-state index < -0.39 is 0 Å². The second-order valence-corrected chi connectivity index (χ2v) is 7.86. The third kappa shape index (κ3) is 2.79. The van der Waals surface area contributed by atoms with Gasteiger partial charge in [0, 0.05) is 28.7 Å². The predicted molar refractivity (Wildman–Crippen MR) is 116 cm³/mol. The van der Waals surface area contributed by atoms with Crippen LogP contribution in [0.2, 0.25) is 0 Å². The van der Waals surface area contributed by atoms with Gasteiger partial charge in [-0.1, -0.05) is 18.2 Å². The number of allylic oxidation sites excluding steroid dienone is 4. The van der Waals surface area contributed by atoms with Gasteiger partial charge in [0.05, 0.1) is 17.1 Å². The maximum absolute atomic E-state index is 4.64. The first-order valence-electron chi connectivity index (χ1n) is 10.3. The topological polar surface area (TPSA) is 82.3 Å². The van der Waals surface area contributed by atoms with Gasteiger partial charge in [-0.3, -0.25) is 10.1 Å². The minimum atomic E-state index is 0.565. The molecule has 1 fully saturated rings. The van der Waals surface area contributed by atoms with Crippen molar-refractivity contribution in [2.45, 2.75) is 25.2 Å². The number of rotatable bonds is 3. The molecule has 0 aromatic carbocycles. The van der Waals surface area contributed by atoms with Crippen molar-refractivity contribution in [3.63, 3.8) is 0 Å². The quantitative estimate of drug-likeness (QED) is 0.493. The van der Waals surface area contributed by atoms with Crippen molar-refractivity contribution in [3.05, 3.63) is 60.1 Å². The molecule has 1 saturated heterocycles. The van der Waals surface area contributed by atoms with Crippen LogP contribution in [0.1, 0.15) is 36.4 Å². The van der Waals surface area contributed by atoms with Gasteiger partial charge in [0.15, 0.2) is 5.65 Å².